The lowest BCUT2D eigenvalue weighted by Gasteiger charge is -2.06. The van der Waals surface area contributed by atoms with Gasteiger partial charge in [0.2, 0.25) is 0 Å². The van der Waals surface area contributed by atoms with Crippen LogP contribution in [0.15, 0.2) is 29.6 Å². The van der Waals surface area contributed by atoms with Crippen molar-refractivity contribution in [2.45, 2.75) is 12.8 Å². The number of nitrogens with two attached hydrogens (primary N) is 1. The fraction of sp³-hybridized carbons (Fsp3) is 0.250. The van der Waals surface area contributed by atoms with Gasteiger partial charge >= 0.3 is 0 Å². The Morgan fingerprint density at radius 3 is 2.81 bits per heavy atom. The number of aromatic nitrogens is 1. The van der Waals surface area contributed by atoms with Gasteiger partial charge in [0.1, 0.15) is 5.75 Å². The van der Waals surface area contributed by atoms with Gasteiger partial charge in [-0.3, -0.25) is 0 Å². The zero-order valence-electron chi connectivity index (χ0n) is 9.14. The molecule has 84 valence electrons. The molecule has 0 atom stereocenters. The van der Waals surface area contributed by atoms with E-state index in [2.05, 4.69) is 11.1 Å². The molecule has 1 aromatic heterocycles. The average Bonchev–Trinajstić information content (AvgIpc) is 2.73. The highest BCUT2D eigenvalue weighted by Crippen LogP contribution is 2.20. The highest BCUT2D eigenvalue weighted by atomic mass is 32.1. The Hall–Kier alpha value is -1.55. The summed E-state index contributed by atoms with van der Waals surface area (Å²) < 4.78 is 5.30. The van der Waals surface area contributed by atoms with Crippen molar-refractivity contribution in [1.82, 2.24) is 4.98 Å². The number of rotatable bonds is 4. The van der Waals surface area contributed by atoms with Crippen molar-refractivity contribution >= 4 is 16.5 Å². The molecule has 0 aliphatic rings. The molecule has 0 fully saturated rings. The molecule has 0 bridgehead atoms. The molecule has 0 aliphatic carbocycles. The normalized spacial score (nSPS) is 10.3. The molecular weight excluding hydrogens is 220 g/mol. The number of thiazole rings is 1. The molecule has 0 unspecified atom stereocenters. The van der Waals surface area contributed by atoms with Crippen LogP contribution in [0.1, 0.15) is 11.3 Å². The largest absolute Gasteiger partial charge is 0.496 e. The summed E-state index contributed by atoms with van der Waals surface area (Å²) in [6, 6.07) is 8.05. The number of para-hydroxylation sites is 1. The lowest BCUT2D eigenvalue weighted by Crippen LogP contribution is -1.95. The van der Waals surface area contributed by atoms with Crippen LogP contribution in [0.25, 0.3) is 0 Å². The first-order valence-electron chi connectivity index (χ1n) is 5.11. The van der Waals surface area contributed by atoms with Crippen LogP contribution in [0.4, 0.5) is 5.13 Å². The van der Waals surface area contributed by atoms with Crippen LogP contribution in [-0.2, 0) is 12.8 Å². The van der Waals surface area contributed by atoms with E-state index in [4.69, 9.17) is 10.5 Å². The second kappa shape index (κ2) is 4.99. The van der Waals surface area contributed by atoms with Crippen molar-refractivity contribution in [1.29, 1.82) is 0 Å². The monoisotopic (exact) mass is 234 g/mol. The Morgan fingerprint density at radius 2 is 2.12 bits per heavy atom. The molecule has 2 rings (SSSR count). The zero-order valence-corrected chi connectivity index (χ0v) is 9.96. The molecule has 0 amide bonds. The number of ether oxygens (including phenoxy) is 1. The fourth-order valence-corrected chi connectivity index (χ4v) is 2.21. The van der Waals surface area contributed by atoms with Crippen molar-refractivity contribution in [3.8, 4) is 5.75 Å². The Balaban J connectivity index is 2.04. The van der Waals surface area contributed by atoms with Gasteiger partial charge in [0.25, 0.3) is 0 Å². The lowest BCUT2D eigenvalue weighted by atomic mass is 10.1. The van der Waals surface area contributed by atoms with Crippen molar-refractivity contribution in [3.63, 3.8) is 0 Å². The molecule has 4 heteroatoms. The van der Waals surface area contributed by atoms with E-state index >= 15 is 0 Å². The summed E-state index contributed by atoms with van der Waals surface area (Å²) in [7, 11) is 1.69. The van der Waals surface area contributed by atoms with E-state index in [-0.39, 0.29) is 0 Å². The summed E-state index contributed by atoms with van der Waals surface area (Å²) in [4.78, 5) is 4.24. The second-order valence-electron chi connectivity index (χ2n) is 3.49. The fourth-order valence-electron chi connectivity index (χ4n) is 1.61. The van der Waals surface area contributed by atoms with Crippen LogP contribution in [0.3, 0.4) is 0 Å². The first-order valence-corrected chi connectivity index (χ1v) is 5.99. The number of nitrogen functional groups attached to an aromatic ring is 1. The molecule has 2 aromatic rings. The molecule has 3 nitrogen and oxygen atoms in total. The highest BCUT2D eigenvalue weighted by Gasteiger charge is 2.04. The molecule has 0 spiro atoms. The minimum atomic E-state index is 0.634. The van der Waals surface area contributed by atoms with Crippen LogP contribution in [-0.4, -0.2) is 12.1 Å². The van der Waals surface area contributed by atoms with E-state index in [1.165, 1.54) is 16.9 Å². The van der Waals surface area contributed by atoms with Crippen molar-refractivity contribution in [3.05, 3.63) is 40.9 Å². The quantitative estimate of drug-likeness (QED) is 0.884. The SMILES string of the molecule is COc1ccccc1CCc1csc(N)n1. The maximum Gasteiger partial charge on any atom is 0.180 e. The summed E-state index contributed by atoms with van der Waals surface area (Å²) >= 11 is 1.48. The number of hydrogen-bond acceptors (Lipinski definition) is 4. The molecule has 16 heavy (non-hydrogen) atoms. The van der Waals surface area contributed by atoms with Crippen LogP contribution in [0, 0.1) is 0 Å². The zero-order chi connectivity index (χ0) is 11.4. The van der Waals surface area contributed by atoms with E-state index in [1.807, 2.05) is 23.6 Å². The molecule has 0 aliphatic heterocycles. The minimum Gasteiger partial charge on any atom is -0.496 e. The summed E-state index contributed by atoms with van der Waals surface area (Å²) in [5.41, 5.74) is 7.84. The number of hydrogen-bond donors (Lipinski definition) is 1. The van der Waals surface area contributed by atoms with Gasteiger partial charge in [-0.05, 0) is 24.5 Å². The molecule has 0 saturated heterocycles. The van der Waals surface area contributed by atoms with Gasteiger partial charge in [0.05, 0.1) is 12.8 Å². The lowest BCUT2D eigenvalue weighted by molar-refractivity contribution is 0.409. The molecule has 0 radical (unpaired) electrons. The van der Waals surface area contributed by atoms with Crippen LogP contribution in [0.2, 0.25) is 0 Å². The van der Waals surface area contributed by atoms with Gasteiger partial charge in [-0.25, -0.2) is 4.98 Å². The van der Waals surface area contributed by atoms with E-state index in [1.54, 1.807) is 7.11 Å². The maximum absolute atomic E-state index is 5.59. The third kappa shape index (κ3) is 2.52. The number of anilines is 1. The van der Waals surface area contributed by atoms with Gasteiger partial charge in [0.15, 0.2) is 5.13 Å². The molecule has 1 aromatic carbocycles. The topological polar surface area (TPSA) is 48.1 Å². The van der Waals surface area contributed by atoms with E-state index in [0.29, 0.717) is 5.13 Å². The Bertz CT molecular complexity index is 468. The van der Waals surface area contributed by atoms with Crippen LogP contribution < -0.4 is 10.5 Å². The van der Waals surface area contributed by atoms with Crippen LogP contribution in [0.5, 0.6) is 5.75 Å². The van der Waals surface area contributed by atoms with Crippen LogP contribution >= 0.6 is 11.3 Å². The summed E-state index contributed by atoms with van der Waals surface area (Å²) in [6.45, 7) is 0. The van der Waals surface area contributed by atoms with Crippen molar-refractivity contribution < 1.29 is 4.74 Å². The van der Waals surface area contributed by atoms with Gasteiger partial charge in [-0.2, -0.15) is 0 Å². The number of nitrogens with zero attached hydrogens (tertiary/aromatic N) is 1. The first kappa shape index (κ1) is 11.0. The first-order chi connectivity index (χ1) is 7.79. The second-order valence-corrected chi connectivity index (χ2v) is 4.38. The molecular formula is C12H14N2OS. The average molecular weight is 234 g/mol. The van der Waals surface area contributed by atoms with E-state index in [0.717, 1.165) is 24.3 Å². The van der Waals surface area contributed by atoms with Crippen molar-refractivity contribution in [2.24, 2.45) is 0 Å². The predicted octanol–water partition coefficient (Wildman–Crippen LogP) is 2.52. The number of benzene rings is 1. The van der Waals surface area contributed by atoms with Gasteiger partial charge in [-0.15, -0.1) is 11.3 Å². The third-order valence-corrected chi connectivity index (χ3v) is 3.14. The Kier molecular flexibility index (Phi) is 3.41. The highest BCUT2D eigenvalue weighted by molar-refractivity contribution is 7.13. The molecule has 0 saturated carbocycles. The summed E-state index contributed by atoms with van der Waals surface area (Å²) in [5.74, 6) is 0.936. The van der Waals surface area contributed by atoms with Gasteiger partial charge < -0.3 is 10.5 Å². The third-order valence-electron chi connectivity index (χ3n) is 2.41. The van der Waals surface area contributed by atoms with E-state index < -0.39 is 0 Å². The molecule has 2 N–H and O–H groups in total. The standard InChI is InChI=1S/C12H14N2OS/c1-15-11-5-3-2-4-9(11)6-7-10-8-16-12(13)14-10/h2-5,8H,6-7H2,1H3,(H2,13,14). The van der Waals surface area contributed by atoms with Gasteiger partial charge in [-0.1, -0.05) is 18.2 Å². The predicted molar refractivity (Wildman–Crippen MR) is 66.9 cm³/mol. The maximum atomic E-state index is 5.59. The van der Waals surface area contributed by atoms with Gasteiger partial charge in [0, 0.05) is 5.38 Å². The Morgan fingerprint density at radius 1 is 1.31 bits per heavy atom. The number of aryl methyl sites for hydroxylation is 2. The van der Waals surface area contributed by atoms with Crippen molar-refractivity contribution in [2.75, 3.05) is 12.8 Å². The number of methoxy groups -OCH3 is 1. The smallest absolute Gasteiger partial charge is 0.180 e. The Labute approximate surface area is 98.9 Å². The summed E-state index contributed by atoms with van der Waals surface area (Å²) in [6.07, 6.45) is 1.82. The van der Waals surface area contributed by atoms with E-state index in [9.17, 15) is 0 Å². The minimum absolute atomic E-state index is 0.634. The molecule has 1 heterocycles. The summed E-state index contributed by atoms with van der Waals surface area (Å²) in [5, 5.41) is 2.64.